The standard InChI is InChI=1S/C21H20N2O5S/c1-4-28-17-10-5-13(12-18(17)27-3)11-16-19(24)22-21(29)23(20(16)25)14-6-8-15(26-2)9-7-14/h5-12H,4H2,1-3H3,(H,22,24,29)/b16-11+. The van der Waals surface area contributed by atoms with Crippen molar-refractivity contribution < 1.29 is 23.8 Å². The highest BCUT2D eigenvalue weighted by Crippen LogP contribution is 2.30. The minimum Gasteiger partial charge on any atom is -0.497 e. The van der Waals surface area contributed by atoms with Crippen LogP contribution in [0.3, 0.4) is 0 Å². The second-order valence-electron chi connectivity index (χ2n) is 6.00. The van der Waals surface area contributed by atoms with Crippen molar-refractivity contribution in [2.24, 2.45) is 0 Å². The Morgan fingerprint density at radius 1 is 1.03 bits per heavy atom. The summed E-state index contributed by atoms with van der Waals surface area (Å²) in [6, 6.07) is 12.0. The quantitative estimate of drug-likeness (QED) is 0.447. The fourth-order valence-electron chi connectivity index (χ4n) is 2.84. The van der Waals surface area contributed by atoms with Crippen molar-refractivity contribution in [3.63, 3.8) is 0 Å². The summed E-state index contributed by atoms with van der Waals surface area (Å²) >= 11 is 5.21. The van der Waals surface area contributed by atoms with Crippen LogP contribution >= 0.6 is 12.2 Å². The van der Waals surface area contributed by atoms with E-state index in [1.165, 1.54) is 18.1 Å². The van der Waals surface area contributed by atoms with Crippen LogP contribution in [-0.4, -0.2) is 37.8 Å². The van der Waals surface area contributed by atoms with E-state index >= 15 is 0 Å². The Kier molecular flexibility index (Phi) is 6.13. The Hall–Kier alpha value is -3.39. The molecule has 1 saturated heterocycles. The molecule has 1 aliphatic rings. The van der Waals surface area contributed by atoms with Crippen LogP contribution in [0.15, 0.2) is 48.0 Å². The average molecular weight is 412 g/mol. The Labute approximate surface area is 173 Å². The number of anilines is 1. The van der Waals surface area contributed by atoms with E-state index < -0.39 is 11.8 Å². The summed E-state index contributed by atoms with van der Waals surface area (Å²) in [5.41, 5.74) is 1.10. The van der Waals surface area contributed by atoms with E-state index in [2.05, 4.69) is 5.32 Å². The van der Waals surface area contributed by atoms with E-state index in [0.717, 1.165) is 0 Å². The molecule has 0 atom stereocenters. The zero-order chi connectivity index (χ0) is 21.0. The maximum atomic E-state index is 13.1. The van der Waals surface area contributed by atoms with E-state index in [-0.39, 0.29) is 10.7 Å². The molecule has 1 aliphatic heterocycles. The fraction of sp³-hybridized carbons (Fsp3) is 0.190. The first-order chi connectivity index (χ1) is 14.0. The van der Waals surface area contributed by atoms with Gasteiger partial charge in [-0.1, -0.05) is 6.07 Å². The van der Waals surface area contributed by atoms with E-state index in [9.17, 15) is 9.59 Å². The van der Waals surface area contributed by atoms with E-state index in [1.807, 2.05) is 6.92 Å². The molecule has 1 N–H and O–H groups in total. The van der Waals surface area contributed by atoms with Gasteiger partial charge in [-0.2, -0.15) is 0 Å². The van der Waals surface area contributed by atoms with Gasteiger partial charge < -0.3 is 14.2 Å². The van der Waals surface area contributed by atoms with Crippen molar-refractivity contribution >= 4 is 40.9 Å². The van der Waals surface area contributed by atoms with Crippen molar-refractivity contribution in [1.82, 2.24) is 5.32 Å². The van der Waals surface area contributed by atoms with Gasteiger partial charge in [0.1, 0.15) is 11.3 Å². The molecule has 0 saturated carbocycles. The van der Waals surface area contributed by atoms with Crippen molar-refractivity contribution in [3.8, 4) is 17.2 Å². The molecule has 0 unspecified atom stereocenters. The maximum Gasteiger partial charge on any atom is 0.270 e. The highest BCUT2D eigenvalue weighted by atomic mass is 32.1. The maximum absolute atomic E-state index is 13.1. The number of nitrogens with zero attached hydrogens (tertiary/aromatic N) is 1. The van der Waals surface area contributed by atoms with E-state index in [1.54, 1.807) is 49.6 Å². The first-order valence-corrected chi connectivity index (χ1v) is 9.25. The lowest BCUT2D eigenvalue weighted by molar-refractivity contribution is -0.122. The van der Waals surface area contributed by atoms with Crippen LogP contribution in [0.25, 0.3) is 6.08 Å². The molecule has 0 aromatic heterocycles. The predicted molar refractivity (Wildman–Crippen MR) is 113 cm³/mol. The summed E-state index contributed by atoms with van der Waals surface area (Å²) < 4.78 is 16.0. The average Bonchev–Trinajstić information content (AvgIpc) is 2.72. The number of methoxy groups -OCH3 is 2. The number of carbonyl (C=O) groups excluding carboxylic acids is 2. The molecule has 8 heteroatoms. The first-order valence-electron chi connectivity index (χ1n) is 8.84. The van der Waals surface area contributed by atoms with Crippen molar-refractivity contribution in [2.45, 2.75) is 6.92 Å². The lowest BCUT2D eigenvalue weighted by Gasteiger charge is -2.29. The van der Waals surface area contributed by atoms with Crippen LogP contribution in [0.4, 0.5) is 5.69 Å². The molecule has 0 spiro atoms. The number of hydrogen-bond acceptors (Lipinski definition) is 6. The number of rotatable bonds is 6. The smallest absolute Gasteiger partial charge is 0.270 e. The fourth-order valence-corrected chi connectivity index (χ4v) is 3.12. The lowest BCUT2D eigenvalue weighted by atomic mass is 10.1. The number of thiocarbonyl (C=S) groups is 1. The van der Waals surface area contributed by atoms with Gasteiger partial charge in [-0.05, 0) is 67.2 Å². The van der Waals surface area contributed by atoms with Crippen LogP contribution < -0.4 is 24.4 Å². The SMILES string of the molecule is CCOc1ccc(/C=C2\C(=O)NC(=S)N(c3ccc(OC)cc3)C2=O)cc1OC. The number of amides is 2. The molecule has 0 radical (unpaired) electrons. The van der Waals surface area contributed by atoms with Crippen LogP contribution in [0.2, 0.25) is 0 Å². The van der Waals surface area contributed by atoms with Gasteiger partial charge in [0.2, 0.25) is 0 Å². The number of nitrogens with one attached hydrogen (secondary N) is 1. The van der Waals surface area contributed by atoms with Crippen LogP contribution in [0.1, 0.15) is 12.5 Å². The minimum atomic E-state index is -0.558. The van der Waals surface area contributed by atoms with Crippen LogP contribution in [-0.2, 0) is 9.59 Å². The molecule has 150 valence electrons. The first kappa shape index (κ1) is 20.3. The van der Waals surface area contributed by atoms with Gasteiger partial charge in [-0.3, -0.25) is 19.8 Å². The summed E-state index contributed by atoms with van der Waals surface area (Å²) in [5, 5.41) is 2.58. The molecule has 1 fully saturated rings. The second-order valence-corrected chi connectivity index (χ2v) is 6.39. The van der Waals surface area contributed by atoms with Crippen molar-refractivity contribution in [3.05, 3.63) is 53.6 Å². The normalized spacial score (nSPS) is 15.3. The van der Waals surface area contributed by atoms with E-state index in [4.69, 9.17) is 26.4 Å². The topological polar surface area (TPSA) is 77.1 Å². The number of ether oxygens (including phenoxy) is 3. The second kappa shape index (κ2) is 8.74. The molecule has 0 bridgehead atoms. The molecule has 3 rings (SSSR count). The van der Waals surface area contributed by atoms with Gasteiger partial charge in [0.15, 0.2) is 16.6 Å². The minimum absolute atomic E-state index is 0.0200. The van der Waals surface area contributed by atoms with Gasteiger partial charge in [0.25, 0.3) is 11.8 Å². The number of carbonyl (C=O) groups is 2. The van der Waals surface area contributed by atoms with Gasteiger partial charge >= 0.3 is 0 Å². The molecular weight excluding hydrogens is 392 g/mol. The molecule has 0 aliphatic carbocycles. The molecule has 29 heavy (non-hydrogen) atoms. The lowest BCUT2D eigenvalue weighted by Crippen LogP contribution is -2.54. The van der Waals surface area contributed by atoms with Crippen LogP contribution in [0, 0.1) is 0 Å². The molecule has 2 aromatic carbocycles. The van der Waals surface area contributed by atoms with Gasteiger partial charge in [0, 0.05) is 0 Å². The number of benzene rings is 2. The zero-order valence-corrected chi connectivity index (χ0v) is 17.0. The predicted octanol–water partition coefficient (Wildman–Crippen LogP) is 2.93. The molecule has 2 aromatic rings. The summed E-state index contributed by atoms with van der Waals surface area (Å²) in [5.74, 6) is 0.657. The summed E-state index contributed by atoms with van der Waals surface area (Å²) in [7, 11) is 3.08. The third-order valence-corrected chi connectivity index (χ3v) is 4.52. The van der Waals surface area contributed by atoms with E-state index in [0.29, 0.717) is 35.1 Å². The monoisotopic (exact) mass is 412 g/mol. The molecule has 1 heterocycles. The van der Waals surface area contributed by atoms with Crippen molar-refractivity contribution in [1.29, 1.82) is 0 Å². The summed E-state index contributed by atoms with van der Waals surface area (Å²) in [6.45, 7) is 2.36. The highest BCUT2D eigenvalue weighted by molar-refractivity contribution is 7.80. The Morgan fingerprint density at radius 3 is 2.38 bits per heavy atom. The Balaban J connectivity index is 1.96. The Bertz CT molecular complexity index is 985. The van der Waals surface area contributed by atoms with Gasteiger partial charge in [0.05, 0.1) is 26.5 Å². The van der Waals surface area contributed by atoms with Crippen molar-refractivity contribution in [2.75, 3.05) is 25.7 Å². The number of hydrogen-bond donors (Lipinski definition) is 1. The summed E-state index contributed by atoms with van der Waals surface area (Å²) in [4.78, 5) is 26.8. The van der Waals surface area contributed by atoms with Gasteiger partial charge in [-0.15, -0.1) is 0 Å². The molecular formula is C21H20N2O5S. The Morgan fingerprint density at radius 2 is 1.76 bits per heavy atom. The highest BCUT2D eigenvalue weighted by Gasteiger charge is 2.34. The molecule has 2 amide bonds. The summed E-state index contributed by atoms with van der Waals surface area (Å²) in [6.07, 6.45) is 1.49. The van der Waals surface area contributed by atoms with Crippen LogP contribution in [0.5, 0.6) is 17.2 Å². The largest absolute Gasteiger partial charge is 0.497 e. The zero-order valence-electron chi connectivity index (χ0n) is 16.2. The molecule has 7 nitrogen and oxygen atoms in total. The van der Waals surface area contributed by atoms with Gasteiger partial charge in [-0.25, -0.2) is 0 Å². The third kappa shape index (κ3) is 4.22. The third-order valence-electron chi connectivity index (χ3n) is 4.23.